The number of rotatable bonds is 4. The molecule has 0 spiro atoms. The van der Waals surface area contributed by atoms with E-state index in [0.717, 1.165) is 0 Å². The van der Waals surface area contributed by atoms with Gasteiger partial charge in [0.25, 0.3) is 0 Å². The van der Waals surface area contributed by atoms with Gasteiger partial charge < -0.3 is 4.90 Å². The molecule has 162 valence electrons. The summed E-state index contributed by atoms with van der Waals surface area (Å²) >= 11 is 0. The second-order valence-corrected chi connectivity index (χ2v) is 8.00. The van der Waals surface area contributed by atoms with Crippen LogP contribution in [0.1, 0.15) is 64.5 Å². The second-order valence-electron chi connectivity index (χ2n) is 8.00. The first-order valence-electron chi connectivity index (χ1n) is 9.40. The molecule has 0 saturated heterocycles. The van der Waals surface area contributed by atoms with Crippen LogP contribution in [0.4, 0.5) is 32.0 Å². The first kappa shape index (κ1) is 23.2. The van der Waals surface area contributed by atoms with E-state index >= 15 is 0 Å². The molecule has 0 N–H and O–H groups in total. The molecular weight excluding hydrogens is 394 g/mol. The third kappa shape index (κ3) is 4.12. The molecule has 0 aromatic heterocycles. The summed E-state index contributed by atoms with van der Waals surface area (Å²) in [5.74, 6) is -0.753. The van der Waals surface area contributed by atoms with Crippen LogP contribution in [0.3, 0.4) is 0 Å². The summed E-state index contributed by atoms with van der Waals surface area (Å²) in [7, 11) is 0. The number of allylic oxidation sites excluding steroid dienone is 2. The lowest BCUT2D eigenvalue weighted by Gasteiger charge is -2.33. The zero-order valence-corrected chi connectivity index (χ0v) is 17.3. The number of anilines is 1. The van der Waals surface area contributed by atoms with Crippen molar-refractivity contribution in [3.63, 3.8) is 0 Å². The third-order valence-corrected chi connectivity index (χ3v) is 4.84. The summed E-state index contributed by atoms with van der Waals surface area (Å²) in [5, 5.41) is 0. The number of alkyl halides is 6. The van der Waals surface area contributed by atoms with Gasteiger partial charge in [-0.05, 0) is 36.8 Å². The molecular formula is C21H26F6N2. The Morgan fingerprint density at radius 1 is 0.759 bits per heavy atom. The maximum Gasteiger partial charge on any atom is 0.433 e. The molecule has 0 unspecified atom stereocenters. The smallest absolute Gasteiger partial charge is 0.320 e. The first-order valence-corrected chi connectivity index (χ1v) is 9.40. The molecule has 0 radical (unpaired) electrons. The topological polar surface area (TPSA) is 6.48 Å². The molecule has 0 bridgehead atoms. The van der Waals surface area contributed by atoms with Gasteiger partial charge in [-0.3, -0.25) is 4.90 Å². The number of nitrogens with zero attached hydrogens (tertiary/aromatic N) is 2. The largest absolute Gasteiger partial charge is 0.433 e. The van der Waals surface area contributed by atoms with Gasteiger partial charge in [0.2, 0.25) is 0 Å². The molecule has 1 aromatic carbocycles. The van der Waals surface area contributed by atoms with E-state index in [-0.39, 0.29) is 23.3 Å². The van der Waals surface area contributed by atoms with Crippen LogP contribution < -0.4 is 4.90 Å². The van der Waals surface area contributed by atoms with E-state index in [2.05, 4.69) is 6.58 Å². The van der Waals surface area contributed by atoms with Crippen molar-refractivity contribution in [2.24, 2.45) is 0 Å². The number of para-hydroxylation sites is 1. The highest BCUT2D eigenvalue weighted by atomic mass is 19.4. The molecule has 1 aromatic rings. The molecule has 0 saturated carbocycles. The van der Waals surface area contributed by atoms with Gasteiger partial charge in [0.05, 0.1) is 5.69 Å². The third-order valence-electron chi connectivity index (χ3n) is 4.84. The van der Waals surface area contributed by atoms with Crippen molar-refractivity contribution in [2.75, 3.05) is 4.90 Å². The minimum absolute atomic E-state index is 0.125. The summed E-state index contributed by atoms with van der Waals surface area (Å²) < 4.78 is 83.9. The number of hydrogen-bond donors (Lipinski definition) is 0. The SMILES string of the molecule is C=C1N(c2c(C(C)C)cccc2C(C)C)C(C(F)(F)F)=C(C(F)(F)F)N1C(C)C. The van der Waals surface area contributed by atoms with Crippen LogP contribution in [-0.4, -0.2) is 23.3 Å². The van der Waals surface area contributed by atoms with Crippen LogP contribution in [0.25, 0.3) is 0 Å². The standard InChI is InChI=1S/C21H26F6N2/c1-11(2)15-9-8-10-16(12(3)4)17(15)29-14(7)28(13(5)6)18(20(22,23)24)19(29)21(25,26)27/h8-13H,7H2,1-6H3. The highest BCUT2D eigenvalue weighted by Gasteiger charge is 2.57. The van der Waals surface area contributed by atoms with Crippen LogP contribution in [0.15, 0.2) is 42.0 Å². The zero-order valence-electron chi connectivity index (χ0n) is 17.3. The van der Waals surface area contributed by atoms with E-state index in [4.69, 9.17) is 0 Å². The van der Waals surface area contributed by atoms with E-state index in [1.54, 1.807) is 45.9 Å². The van der Waals surface area contributed by atoms with Gasteiger partial charge in [-0.25, -0.2) is 0 Å². The first-order chi connectivity index (χ1) is 13.1. The molecule has 1 aliphatic rings. The molecule has 1 aliphatic heterocycles. The Balaban J connectivity index is 2.99. The normalized spacial score (nSPS) is 16.3. The van der Waals surface area contributed by atoms with Gasteiger partial charge in [-0.2, -0.15) is 26.3 Å². The van der Waals surface area contributed by atoms with Crippen molar-refractivity contribution in [1.29, 1.82) is 0 Å². The molecule has 0 atom stereocenters. The van der Waals surface area contributed by atoms with Crippen LogP contribution in [0.5, 0.6) is 0 Å². The Labute approximate surface area is 167 Å². The summed E-state index contributed by atoms with van der Waals surface area (Å²) in [5.41, 5.74) is -2.27. The van der Waals surface area contributed by atoms with Crippen LogP contribution in [0, 0.1) is 0 Å². The lowest BCUT2D eigenvalue weighted by molar-refractivity contribution is -0.125. The minimum atomic E-state index is -5.23. The van der Waals surface area contributed by atoms with E-state index in [1.165, 1.54) is 13.8 Å². The zero-order chi connectivity index (χ0) is 22.5. The van der Waals surface area contributed by atoms with Crippen molar-refractivity contribution < 1.29 is 26.3 Å². The van der Waals surface area contributed by atoms with E-state index in [0.29, 0.717) is 20.9 Å². The van der Waals surface area contributed by atoms with E-state index in [1.807, 2.05) is 0 Å². The fourth-order valence-electron chi connectivity index (χ4n) is 3.68. The molecule has 0 aliphatic carbocycles. The average molecular weight is 420 g/mol. The Hall–Kier alpha value is -2.12. The highest BCUT2D eigenvalue weighted by molar-refractivity contribution is 5.72. The molecule has 29 heavy (non-hydrogen) atoms. The van der Waals surface area contributed by atoms with Gasteiger partial charge in [-0.1, -0.05) is 52.5 Å². The fourth-order valence-corrected chi connectivity index (χ4v) is 3.68. The maximum absolute atomic E-state index is 14.1. The minimum Gasteiger partial charge on any atom is -0.320 e. The van der Waals surface area contributed by atoms with Crippen molar-refractivity contribution in [3.05, 3.63) is 53.1 Å². The number of benzene rings is 1. The van der Waals surface area contributed by atoms with Crippen molar-refractivity contribution in [2.45, 2.75) is 71.8 Å². The number of halogens is 6. The molecule has 8 heteroatoms. The molecule has 2 rings (SSSR count). The Bertz CT molecular complexity index is 789. The van der Waals surface area contributed by atoms with E-state index < -0.39 is 29.8 Å². The van der Waals surface area contributed by atoms with Gasteiger partial charge in [-0.15, -0.1) is 0 Å². The second kappa shape index (κ2) is 7.61. The lowest BCUT2D eigenvalue weighted by atomic mass is 9.91. The van der Waals surface area contributed by atoms with Crippen LogP contribution in [0.2, 0.25) is 0 Å². The molecule has 0 fully saturated rings. The van der Waals surface area contributed by atoms with Gasteiger partial charge in [0.15, 0.2) is 11.4 Å². The van der Waals surface area contributed by atoms with Crippen molar-refractivity contribution in [3.8, 4) is 0 Å². The summed E-state index contributed by atoms with van der Waals surface area (Å²) in [6.45, 7) is 13.7. The van der Waals surface area contributed by atoms with Crippen molar-refractivity contribution >= 4 is 5.69 Å². The quantitative estimate of drug-likeness (QED) is 0.473. The summed E-state index contributed by atoms with van der Waals surface area (Å²) in [4.78, 5) is 1.29. The molecule has 2 nitrogen and oxygen atoms in total. The summed E-state index contributed by atoms with van der Waals surface area (Å²) in [6.07, 6.45) is -10.4. The highest BCUT2D eigenvalue weighted by Crippen LogP contribution is 2.52. The lowest BCUT2D eigenvalue weighted by Crippen LogP contribution is -2.34. The predicted octanol–water partition coefficient (Wildman–Crippen LogP) is 7.27. The fraction of sp³-hybridized carbons (Fsp3) is 0.524. The predicted molar refractivity (Wildman–Crippen MR) is 102 cm³/mol. The molecule has 0 amide bonds. The van der Waals surface area contributed by atoms with Crippen molar-refractivity contribution in [1.82, 2.24) is 4.90 Å². The van der Waals surface area contributed by atoms with E-state index in [9.17, 15) is 26.3 Å². The van der Waals surface area contributed by atoms with Gasteiger partial charge in [0.1, 0.15) is 5.82 Å². The Kier molecular flexibility index (Phi) is 6.08. The summed E-state index contributed by atoms with van der Waals surface area (Å²) in [6, 6.07) is 4.15. The number of hydrogen-bond acceptors (Lipinski definition) is 2. The Morgan fingerprint density at radius 2 is 1.17 bits per heavy atom. The molecule has 1 heterocycles. The van der Waals surface area contributed by atoms with Gasteiger partial charge >= 0.3 is 12.4 Å². The van der Waals surface area contributed by atoms with Gasteiger partial charge in [0, 0.05) is 6.04 Å². The Morgan fingerprint density at radius 3 is 1.48 bits per heavy atom. The monoisotopic (exact) mass is 420 g/mol. The maximum atomic E-state index is 14.1. The van der Waals surface area contributed by atoms with Crippen LogP contribution >= 0.6 is 0 Å². The average Bonchev–Trinajstić information content (AvgIpc) is 2.87. The van der Waals surface area contributed by atoms with Crippen LogP contribution in [-0.2, 0) is 0 Å².